The number of hydrogen-bond donors (Lipinski definition) is 1. The van der Waals surface area contributed by atoms with E-state index in [2.05, 4.69) is 41.4 Å². The Morgan fingerprint density at radius 2 is 2.08 bits per heavy atom. The van der Waals surface area contributed by atoms with Gasteiger partial charge in [-0.15, -0.1) is 0 Å². The van der Waals surface area contributed by atoms with E-state index in [1.807, 2.05) is 24.3 Å². The minimum atomic E-state index is 0.0815. The molecular weight excluding hydrogens is 312 g/mol. The standard InChI is InChI=1S/C21H26N2O2/c1-16-7-3-4-8-18(16)14-22-21(24)15-23-12-6-11-20(23)17-9-5-10-19(13-17)25-2/h3-5,7-10,13,20H,6,11-12,14-15H2,1-2H3,(H,22,24). The van der Waals surface area contributed by atoms with E-state index < -0.39 is 0 Å². The third kappa shape index (κ3) is 4.40. The molecule has 1 heterocycles. The Balaban J connectivity index is 1.59. The Hall–Kier alpha value is -2.33. The smallest absolute Gasteiger partial charge is 0.234 e. The van der Waals surface area contributed by atoms with Crippen LogP contribution in [0.15, 0.2) is 48.5 Å². The van der Waals surface area contributed by atoms with Crippen molar-refractivity contribution in [2.45, 2.75) is 32.4 Å². The average molecular weight is 338 g/mol. The molecule has 1 aliphatic rings. The van der Waals surface area contributed by atoms with Gasteiger partial charge in [-0.1, -0.05) is 36.4 Å². The number of hydrogen-bond acceptors (Lipinski definition) is 3. The number of benzene rings is 2. The Morgan fingerprint density at radius 1 is 1.24 bits per heavy atom. The highest BCUT2D eigenvalue weighted by Gasteiger charge is 2.27. The molecule has 1 amide bonds. The number of likely N-dealkylation sites (tertiary alicyclic amines) is 1. The molecule has 1 aliphatic heterocycles. The highest BCUT2D eigenvalue weighted by Crippen LogP contribution is 2.33. The zero-order valence-electron chi connectivity index (χ0n) is 15.0. The maximum atomic E-state index is 12.4. The number of aryl methyl sites for hydroxylation is 1. The molecule has 0 aliphatic carbocycles. The molecule has 2 aromatic carbocycles. The Bertz CT molecular complexity index is 729. The molecule has 1 fully saturated rings. The summed E-state index contributed by atoms with van der Waals surface area (Å²) >= 11 is 0. The van der Waals surface area contributed by atoms with E-state index in [4.69, 9.17) is 4.74 Å². The molecule has 1 atom stereocenters. The van der Waals surface area contributed by atoms with Gasteiger partial charge in [0.05, 0.1) is 13.7 Å². The molecule has 4 heteroatoms. The van der Waals surface area contributed by atoms with Gasteiger partial charge in [0.15, 0.2) is 0 Å². The molecule has 0 saturated carbocycles. The molecule has 1 saturated heterocycles. The fourth-order valence-corrected chi connectivity index (χ4v) is 3.48. The van der Waals surface area contributed by atoms with Gasteiger partial charge in [-0.05, 0) is 55.1 Å². The van der Waals surface area contributed by atoms with Gasteiger partial charge in [0.25, 0.3) is 0 Å². The summed E-state index contributed by atoms with van der Waals surface area (Å²) in [5.41, 5.74) is 3.60. The molecule has 3 rings (SSSR count). The maximum Gasteiger partial charge on any atom is 0.234 e. The minimum absolute atomic E-state index is 0.0815. The SMILES string of the molecule is COc1cccc(C2CCCN2CC(=O)NCc2ccccc2C)c1. The molecular formula is C21H26N2O2. The largest absolute Gasteiger partial charge is 0.497 e. The second-order valence-corrected chi connectivity index (χ2v) is 6.61. The van der Waals surface area contributed by atoms with Crippen LogP contribution in [0.1, 0.15) is 35.6 Å². The molecule has 4 nitrogen and oxygen atoms in total. The molecule has 0 radical (unpaired) electrons. The first-order chi connectivity index (χ1) is 12.2. The second-order valence-electron chi connectivity index (χ2n) is 6.61. The zero-order valence-corrected chi connectivity index (χ0v) is 15.0. The number of nitrogens with zero attached hydrogens (tertiary/aromatic N) is 1. The lowest BCUT2D eigenvalue weighted by Crippen LogP contribution is -2.36. The summed E-state index contributed by atoms with van der Waals surface area (Å²) in [6, 6.07) is 16.6. The van der Waals surface area contributed by atoms with Gasteiger partial charge in [0, 0.05) is 12.6 Å². The summed E-state index contributed by atoms with van der Waals surface area (Å²) in [6.07, 6.45) is 2.20. The van der Waals surface area contributed by atoms with Gasteiger partial charge in [-0.25, -0.2) is 0 Å². The summed E-state index contributed by atoms with van der Waals surface area (Å²) in [7, 11) is 1.69. The average Bonchev–Trinajstić information content (AvgIpc) is 3.09. The minimum Gasteiger partial charge on any atom is -0.497 e. The summed E-state index contributed by atoms with van der Waals surface area (Å²) in [6.45, 7) is 4.05. The van der Waals surface area contributed by atoms with E-state index in [9.17, 15) is 4.79 Å². The third-order valence-corrected chi connectivity index (χ3v) is 4.93. The monoisotopic (exact) mass is 338 g/mol. The lowest BCUT2D eigenvalue weighted by molar-refractivity contribution is -0.122. The number of carbonyl (C=O) groups is 1. The second kappa shape index (κ2) is 8.17. The van der Waals surface area contributed by atoms with Crippen molar-refractivity contribution in [1.29, 1.82) is 0 Å². The fraction of sp³-hybridized carbons (Fsp3) is 0.381. The first-order valence-corrected chi connectivity index (χ1v) is 8.86. The number of methoxy groups -OCH3 is 1. The zero-order chi connectivity index (χ0) is 17.6. The van der Waals surface area contributed by atoms with Crippen LogP contribution in [0.3, 0.4) is 0 Å². The van der Waals surface area contributed by atoms with Crippen LogP contribution in [0, 0.1) is 6.92 Å². The van der Waals surface area contributed by atoms with Crippen LogP contribution in [0.5, 0.6) is 5.75 Å². The number of amides is 1. The van der Waals surface area contributed by atoms with Crippen molar-refractivity contribution in [3.63, 3.8) is 0 Å². The van der Waals surface area contributed by atoms with E-state index in [-0.39, 0.29) is 5.91 Å². The summed E-state index contributed by atoms with van der Waals surface area (Å²) in [5, 5.41) is 3.06. The molecule has 132 valence electrons. The van der Waals surface area contributed by atoms with E-state index in [1.165, 1.54) is 16.7 Å². The van der Waals surface area contributed by atoms with Crippen molar-refractivity contribution in [3.05, 3.63) is 65.2 Å². The van der Waals surface area contributed by atoms with Gasteiger partial charge in [0.1, 0.15) is 5.75 Å². The van der Waals surface area contributed by atoms with Crippen LogP contribution >= 0.6 is 0 Å². The predicted octanol–water partition coefficient (Wildman–Crippen LogP) is 3.46. The normalized spacial score (nSPS) is 17.4. The Kier molecular flexibility index (Phi) is 5.71. The topological polar surface area (TPSA) is 41.6 Å². The van der Waals surface area contributed by atoms with Crippen LogP contribution in [-0.2, 0) is 11.3 Å². The van der Waals surface area contributed by atoms with Crippen molar-refractivity contribution in [2.24, 2.45) is 0 Å². The maximum absolute atomic E-state index is 12.4. The quantitative estimate of drug-likeness (QED) is 0.877. The lowest BCUT2D eigenvalue weighted by atomic mass is 10.0. The van der Waals surface area contributed by atoms with Gasteiger partial charge >= 0.3 is 0 Å². The lowest BCUT2D eigenvalue weighted by Gasteiger charge is -2.24. The number of ether oxygens (including phenoxy) is 1. The van der Waals surface area contributed by atoms with E-state index in [0.717, 1.165) is 25.1 Å². The molecule has 0 aromatic heterocycles. The van der Waals surface area contributed by atoms with Crippen molar-refractivity contribution < 1.29 is 9.53 Å². The van der Waals surface area contributed by atoms with Crippen molar-refractivity contribution >= 4 is 5.91 Å². The van der Waals surface area contributed by atoms with Crippen LogP contribution in [0.25, 0.3) is 0 Å². The summed E-state index contributed by atoms with van der Waals surface area (Å²) in [4.78, 5) is 14.7. The van der Waals surface area contributed by atoms with Crippen LogP contribution in [0.4, 0.5) is 0 Å². The summed E-state index contributed by atoms with van der Waals surface area (Å²) in [5.74, 6) is 0.950. The molecule has 0 spiro atoms. The van der Waals surface area contributed by atoms with Crippen LogP contribution in [0.2, 0.25) is 0 Å². The van der Waals surface area contributed by atoms with Crippen molar-refractivity contribution in [2.75, 3.05) is 20.2 Å². The molecule has 1 N–H and O–H groups in total. The first kappa shape index (κ1) is 17.5. The summed E-state index contributed by atoms with van der Waals surface area (Å²) < 4.78 is 5.33. The Labute approximate surface area is 149 Å². The van der Waals surface area contributed by atoms with Gasteiger partial charge in [-0.2, -0.15) is 0 Å². The number of rotatable bonds is 6. The third-order valence-electron chi connectivity index (χ3n) is 4.93. The highest BCUT2D eigenvalue weighted by molar-refractivity contribution is 5.78. The molecule has 25 heavy (non-hydrogen) atoms. The van der Waals surface area contributed by atoms with Crippen LogP contribution < -0.4 is 10.1 Å². The number of carbonyl (C=O) groups excluding carboxylic acids is 1. The molecule has 2 aromatic rings. The predicted molar refractivity (Wildman–Crippen MR) is 99.6 cm³/mol. The number of nitrogens with one attached hydrogen (secondary N) is 1. The van der Waals surface area contributed by atoms with Crippen molar-refractivity contribution in [1.82, 2.24) is 10.2 Å². The van der Waals surface area contributed by atoms with Crippen LogP contribution in [-0.4, -0.2) is 31.0 Å². The van der Waals surface area contributed by atoms with E-state index >= 15 is 0 Å². The first-order valence-electron chi connectivity index (χ1n) is 8.86. The van der Waals surface area contributed by atoms with E-state index in [0.29, 0.717) is 19.1 Å². The van der Waals surface area contributed by atoms with Crippen molar-refractivity contribution in [3.8, 4) is 5.75 Å². The molecule has 1 unspecified atom stereocenters. The molecule has 0 bridgehead atoms. The van der Waals surface area contributed by atoms with Gasteiger partial charge < -0.3 is 10.1 Å². The highest BCUT2D eigenvalue weighted by atomic mass is 16.5. The fourth-order valence-electron chi connectivity index (χ4n) is 3.48. The van der Waals surface area contributed by atoms with Gasteiger partial charge in [0.2, 0.25) is 5.91 Å². The van der Waals surface area contributed by atoms with Gasteiger partial charge in [-0.3, -0.25) is 9.69 Å². The van der Waals surface area contributed by atoms with E-state index in [1.54, 1.807) is 7.11 Å². The Morgan fingerprint density at radius 3 is 2.88 bits per heavy atom.